The van der Waals surface area contributed by atoms with E-state index in [0.29, 0.717) is 22.8 Å². The number of carbonyl (C=O) groups excluding carboxylic acids is 2. The number of ether oxygens (including phenoxy) is 1. The fraction of sp³-hybridized carbons (Fsp3) is 0.235. The van der Waals surface area contributed by atoms with E-state index >= 15 is 0 Å². The lowest BCUT2D eigenvalue weighted by molar-refractivity contribution is 0.0995. The number of amides is 2. The predicted octanol–water partition coefficient (Wildman–Crippen LogP) is 1.58. The Morgan fingerprint density at radius 2 is 2.00 bits per heavy atom. The van der Waals surface area contributed by atoms with Crippen LogP contribution in [0.3, 0.4) is 0 Å². The normalized spacial score (nSPS) is 10.9. The lowest BCUT2D eigenvalue weighted by Gasteiger charge is -2.07. The maximum Gasteiger partial charge on any atom is 0.272 e. The number of aromatic nitrogens is 3. The Morgan fingerprint density at radius 3 is 2.64 bits per heavy atom. The zero-order chi connectivity index (χ0) is 18.3. The summed E-state index contributed by atoms with van der Waals surface area (Å²) in [5, 5.41) is 7.63. The number of hydrogen-bond donors (Lipinski definition) is 2. The van der Waals surface area contributed by atoms with Crippen molar-refractivity contribution in [2.75, 3.05) is 12.4 Å². The molecule has 0 aliphatic heterocycles. The molecule has 130 valence electrons. The molecule has 2 aromatic heterocycles. The molecule has 8 heteroatoms. The summed E-state index contributed by atoms with van der Waals surface area (Å²) in [5.74, 6) is -0.375. The summed E-state index contributed by atoms with van der Waals surface area (Å²) in [5.41, 5.74) is 7.63. The summed E-state index contributed by atoms with van der Waals surface area (Å²) in [6.45, 7) is 1.75. The molecule has 0 aliphatic carbocycles. The SMILES string of the molecule is COc1cccc2c1cc(C(=O)Nc1c(C(N)=O)nn(C)c1C)n2C. The molecule has 0 saturated heterocycles. The molecular weight excluding hydrogens is 322 g/mol. The summed E-state index contributed by atoms with van der Waals surface area (Å²) >= 11 is 0. The average Bonchev–Trinajstić information content (AvgIpc) is 3.07. The third-order valence-electron chi connectivity index (χ3n) is 4.31. The van der Waals surface area contributed by atoms with Crippen molar-refractivity contribution >= 4 is 28.4 Å². The summed E-state index contributed by atoms with van der Waals surface area (Å²) in [7, 11) is 5.06. The molecule has 0 aliphatic rings. The Labute approximate surface area is 144 Å². The first kappa shape index (κ1) is 16.6. The Balaban J connectivity index is 2.05. The Bertz CT molecular complexity index is 1000. The van der Waals surface area contributed by atoms with Crippen LogP contribution in [0, 0.1) is 6.92 Å². The second kappa shape index (κ2) is 5.97. The van der Waals surface area contributed by atoms with Gasteiger partial charge in [-0.2, -0.15) is 5.10 Å². The van der Waals surface area contributed by atoms with Crippen molar-refractivity contribution in [3.8, 4) is 5.75 Å². The molecule has 0 radical (unpaired) electrons. The Morgan fingerprint density at radius 1 is 1.28 bits per heavy atom. The number of anilines is 1. The van der Waals surface area contributed by atoms with Crippen molar-refractivity contribution in [1.29, 1.82) is 0 Å². The molecule has 0 saturated carbocycles. The van der Waals surface area contributed by atoms with Crippen LogP contribution in [0.2, 0.25) is 0 Å². The van der Waals surface area contributed by atoms with Crippen LogP contribution in [0.25, 0.3) is 10.9 Å². The number of rotatable bonds is 4. The minimum atomic E-state index is -0.697. The molecule has 0 spiro atoms. The van der Waals surface area contributed by atoms with Crippen LogP contribution in [0.1, 0.15) is 26.7 Å². The van der Waals surface area contributed by atoms with Crippen LogP contribution in [0.5, 0.6) is 5.75 Å². The average molecular weight is 341 g/mol. The molecule has 0 bridgehead atoms. The molecule has 3 rings (SSSR count). The van der Waals surface area contributed by atoms with Gasteiger partial charge in [0.05, 0.1) is 24.0 Å². The van der Waals surface area contributed by atoms with E-state index in [-0.39, 0.29) is 11.6 Å². The van der Waals surface area contributed by atoms with Gasteiger partial charge in [-0.1, -0.05) is 6.07 Å². The van der Waals surface area contributed by atoms with Gasteiger partial charge in [0.25, 0.3) is 11.8 Å². The van der Waals surface area contributed by atoms with Crippen molar-refractivity contribution in [2.24, 2.45) is 19.8 Å². The molecule has 1 aromatic carbocycles. The van der Waals surface area contributed by atoms with Crippen LogP contribution >= 0.6 is 0 Å². The second-order valence-electron chi connectivity index (χ2n) is 5.73. The zero-order valence-corrected chi connectivity index (χ0v) is 14.5. The molecule has 3 N–H and O–H groups in total. The second-order valence-corrected chi connectivity index (χ2v) is 5.73. The molecular formula is C17H19N5O3. The number of nitrogens with two attached hydrogens (primary N) is 1. The Hall–Kier alpha value is -3.29. The first-order chi connectivity index (χ1) is 11.8. The summed E-state index contributed by atoms with van der Waals surface area (Å²) in [6, 6.07) is 7.34. The lowest BCUT2D eigenvalue weighted by Crippen LogP contribution is -2.19. The number of benzene rings is 1. The molecule has 2 amide bonds. The molecule has 0 fully saturated rings. The summed E-state index contributed by atoms with van der Waals surface area (Å²) < 4.78 is 8.61. The molecule has 2 heterocycles. The molecule has 0 unspecified atom stereocenters. The van der Waals surface area contributed by atoms with Crippen LogP contribution < -0.4 is 15.8 Å². The van der Waals surface area contributed by atoms with E-state index in [9.17, 15) is 9.59 Å². The number of nitrogens with zero attached hydrogens (tertiary/aromatic N) is 3. The van der Waals surface area contributed by atoms with Crippen molar-refractivity contribution in [1.82, 2.24) is 14.3 Å². The highest BCUT2D eigenvalue weighted by Crippen LogP contribution is 2.29. The Kier molecular flexibility index (Phi) is 3.96. The van der Waals surface area contributed by atoms with E-state index in [1.54, 1.807) is 38.8 Å². The van der Waals surface area contributed by atoms with Gasteiger partial charge < -0.3 is 20.4 Å². The number of methoxy groups -OCH3 is 1. The highest BCUT2D eigenvalue weighted by Gasteiger charge is 2.22. The number of nitrogens with one attached hydrogen (secondary N) is 1. The van der Waals surface area contributed by atoms with Crippen LogP contribution in [0.15, 0.2) is 24.3 Å². The number of fused-ring (bicyclic) bond motifs is 1. The quantitative estimate of drug-likeness (QED) is 0.752. The van der Waals surface area contributed by atoms with E-state index in [1.807, 2.05) is 18.2 Å². The predicted molar refractivity (Wildman–Crippen MR) is 93.9 cm³/mol. The lowest BCUT2D eigenvalue weighted by atomic mass is 10.2. The maximum atomic E-state index is 12.8. The van der Waals surface area contributed by atoms with Gasteiger partial charge in [0.15, 0.2) is 5.69 Å². The van der Waals surface area contributed by atoms with Gasteiger partial charge in [0.2, 0.25) is 0 Å². The van der Waals surface area contributed by atoms with Gasteiger partial charge in [-0.25, -0.2) is 0 Å². The van der Waals surface area contributed by atoms with Crippen molar-refractivity contribution in [2.45, 2.75) is 6.92 Å². The summed E-state index contributed by atoms with van der Waals surface area (Å²) in [6.07, 6.45) is 0. The number of aryl methyl sites for hydroxylation is 2. The maximum absolute atomic E-state index is 12.8. The summed E-state index contributed by atoms with van der Waals surface area (Å²) in [4.78, 5) is 24.3. The molecule has 8 nitrogen and oxygen atoms in total. The van der Waals surface area contributed by atoms with Crippen molar-refractivity contribution in [3.63, 3.8) is 0 Å². The van der Waals surface area contributed by atoms with E-state index < -0.39 is 5.91 Å². The van der Waals surface area contributed by atoms with Gasteiger partial charge in [0, 0.05) is 19.5 Å². The number of primary amides is 1. The first-order valence-corrected chi connectivity index (χ1v) is 7.62. The van der Waals surface area contributed by atoms with Crippen LogP contribution in [0.4, 0.5) is 5.69 Å². The van der Waals surface area contributed by atoms with Crippen molar-refractivity contribution in [3.05, 3.63) is 41.3 Å². The smallest absolute Gasteiger partial charge is 0.272 e. The van der Waals surface area contributed by atoms with E-state index in [4.69, 9.17) is 10.5 Å². The third-order valence-corrected chi connectivity index (χ3v) is 4.31. The zero-order valence-electron chi connectivity index (χ0n) is 14.5. The van der Waals surface area contributed by atoms with E-state index in [1.165, 1.54) is 4.68 Å². The first-order valence-electron chi connectivity index (χ1n) is 7.62. The highest BCUT2D eigenvalue weighted by molar-refractivity contribution is 6.10. The van der Waals surface area contributed by atoms with Gasteiger partial charge in [0.1, 0.15) is 11.4 Å². The van der Waals surface area contributed by atoms with Crippen LogP contribution in [-0.2, 0) is 14.1 Å². The topological polar surface area (TPSA) is 104 Å². The fourth-order valence-electron chi connectivity index (χ4n) is 2.84. The van der Waals surface area contributed by atoms with Gasteiger partial charge in [-0.15, -0.1) is 0 Å². The number of carbonyl (C=O) groups is 2. The number of hydrogen-bond acceptors (Lipinski definition) is 4. The largest absolute Gasteiger partial charge is 0.496 e. The fourth-order valence-corrected chi connectivity index (χ4v) is 2.84. The van der Waals surface area contributed by atoms with Crippen LogP contribution in [-0.4, -0.2) is 33.3 Å². The van der Waals surface area contributed by atoms with E-state index in [0.717, 1.165) is 10.9 Å². The highest BCUT2D eigenvalue weighted by atomic mass is 16.5. The minimum Gasteiger partial charge on any atom is -0.496 e. The monoisotopic (exact) mass is 341 g/mol. The van der Waals surface area contributed by atoms with Gasteiger partial charge >= 0.3 is 0 Å². The molecule has 3 aromatic rings. The van der Waals surface area contributed by atoms with E-state index in [2.05, 4.69) is 10.4 Å². The third kappa shape index (κ3) is 2.61. The standard InChI is InChI=1S/C17H19N5O3/c1-9-14(15(16(18)23)20-22(9)3)19-17(24)12-8-10-11(21(12)2)6-5-7-13(10)25-4/h5-8H,1-4H3,(H2,18,23)(H,19,24). The minimum absolute atomic E-state index is 0.0321. The molecule has 0 atom stereocenters. The molecule has 25 heavy (non-hydrogen) atoms. The van der Waals surface area contributed by atoms with Gasteiger partial charge in [-0.05, 0) is 25.1 Å². The van der Waals surface area contributed by atoms with Gasteiger partial charge in [-0.3, -0.25) is 14.3 Å². The van der Waals surface area contributed by atoms with Crippen molar-refractivity contribution < 1.29 is 14.3 Å².